The molecule has 1 amide bonds. The zero-order valence-corrected chi connectivity index (χ0v) is 12.8. The van der Waals surface area contributed by atoms with Crippen LogP contribution in [0.2, 0.25) is 0 Å². The van der Waals surface area contributed by atoms with Crippen LogP contribution in [0.25, 0.3) is 0 Å². The van der Waals surface area contributed by atoms with E-state index in [9.17, 15) is 13.2 Å². The first-order valence-corrected chi connectivity index (χ1v) is 7.25. The molecular weight excluding hydrogens is 282 g/mol. The number of carbonyl (C=O) groups is 1. The van der Waals surface area contributed by atoms with E-state index in [4.69, 9.17) is 4.74 Å². The smallest absolute Gasteiger partial charge is 0.402 e. The molecule has 1 N–H and O–H groups in total. The Kier molecular flexibility index (Phi) is 4.49. The number of anilines is 1. The molecule has 0 fully saturated rings. The summed E-state index contributed by atoms with van der Waals surface area (Å²) in [6.45, 7) is 6.63. The fourth-order valence-electron chi connectivity index (χ4n) is 1.29. The molecule has 7 nitrogen and oxygen atoms in total. The van der Waals surface area contributed by atoms with Crippen molar-refractivity contribution in [3.63, 3.8) is 0 Å². The average Bonchev–Trinajstić information content (AvgIpc) is 2.25. The van der Waals surface area contributed by atoms with Crippen LogP contribution >= 0.6 is 0 Å². The molecule has 0 aliphatic heterocycles. The van der Waals surface area contributed by atoms with E-state index in [-0.39, 0.29) is 0 Å². The lowest BCUT2D eigenvalue weighted by molar-refractivity contribution is -0.512. The third kappa shape index (κ3) is 4.61. The Morgan fingerprint density at radius 1 is 1.35 bits per heavy atom. The number of pyridine rings is 1. The fraction of sp³-hybridized carbons (Fsp3) is 0.417. The van der Waals surface area contributed by atoms with Crippen LogP contribution < -0.4 is 13.6 Å². The van der Waals surface area contributed by atoms with Gasteiger partial charge in [-0.1, -0.05) is 3.97 Å². The zero-order valence-electron chi connectivity index (χ0n) is 12.0. The van der Waals surface area contributed by atoms with Gasteiger partial charge < -0.3 is 9.64 Å². The minimum atomic E-state index is -4.03. The number of nitrogens with zero attached hydrogens (tertiary/aromatic N) is 2. The molecule has 0 spiro atoms. The first-order valence-electron chi connectivity index (χ1n) is 5.81. The Hall–Kier alpha value is -1.96. The summed E-state index contributed by atoms with van der Waals surface area (Å²) in [6.07, 6.45) is 1.59. The summed E-state index contributed by atoms with van der Waals surface area (Å²) in [5.74, 6) is 0. The number of hydrogen-bond donors (Lipinski definition) is 1. The van der Waals surface area contributed by atoms with Crippen molar-refractivity contribution in [1.82, 2.24) is 4.72 Å². The van der Waals surface area contributed by atoms with E-state index < -0.39 is 21.9 Å². The molecule has 0 aromatic carbocycles. The van der Waals surface area contributed by atoms with E-state index in [0.717, 1.165) is 9.66 Å². The molecule has 20 heavy (non-hydrogen) atoms. The van der Waals surface area contributed by atoms with Gasteiger partial charge in [-0.05, 0) is 0 Å². The van der Waals surface area contributed by atoms with Gasteiger partial charge in [0.05, 0.1) is 0 Å². The van der Waals surface area contributed by atoms with E-state index >= 15 is 0 Å². The molecule has 0 saturated carbocycles. The lowest BCUT2D eigenvalue weighted by Gasteiger charge is -2.12. The normalized spacial score (nSPS) is 11.8. The van der Waals surface area contributed by atoms with Crippen molar-refractivity contribution in [3.8, 4) is 0 Å². The highest BCUT2D eigenvalue weighted by atomic mass is 32.2. The first-order chi connectivity index (χ1) is 9.01. The average molecular weight is 301 g/mol. The van der Waals surface area contributed by atoms with Gasteiger partial charge in [0.25, 0.3) is 0 Å². The maximum absolute atomic E-state index is 11.9. The van der Waals surface area contributed by atoms with Crippen LogP contribution in [0.4, 0.5) is 10.5 Å². The van der Waals surface area contributed by atoms with E-state index in [0.29, 0.717) is 0 Å². The Bertz CT molecular complexity index is 574. The third-order valence-electron chi connectivity index (χ3n) is 2.16. The number of aromatic nitrogens is 1. The van der Waals surface area contributed by atoms with Crippen molar-refractivity contribution in [1.29, 1.82) is 0 Å². The lowest BCUT2D eigenvalue weighted by atomic mass is 10.2. The van der Waals surface area contributed by atoms with Crippen LogP contribution in [0, 0.1) is 6.92 Å². The zero-order chi connectivity index (χ0) is 15.6. The molecule has 0 radical (unpaired) electrons. The monoisotopic (exact) mass is 301 g/mol. The van der Waals surface area contributed by atoms with Gasteiger partial charge in [-0.15, -0.1) is 8.42 Å². The second-order valence-electron chi connectivity index (χ2n) is 5.04. The van der Waals surface area contributed by atoms with Gasteiger partial charge in [0, 0.05) is 45.8 Å². The second-order valence-corrected chi connectivity index (χ2v) is 6.61. The van der Waals surface area contributed by atoms with E-state index in [2.05, 4.69) is 6.92 Å². The van der Waals surface area contributed by atoms with Crippen molar-refractivity contribution >= 4 is 22.0 Å². The minimum absolute atomic E-state index is 0.831. The highest BCUT2D eigenvalue weighted by molar-refractivity contribution is 7.83. The van der Waals surface area contributed by atoms with Crippen molar-refractivity contribution in [2.75, 3.05) is 19.0 Å². The molecular formula is C12H19N3O4S+2. The van der Waals surface area contributed by atoms with E-state index in [1.807, 2.05) is 19.0 Å². The van der Waals surface area contributed by atoms with Crippen LogP contribution in [0.5, 0.6) is 0 Å². The van der Waals surface area contributed by atoms with Crippen LogP contribution in [0.3, 0.4) is 0 Å². The number of ether oxygens (including phenoxy) is 1. The van der Waals surface area contributed by atoms with E-state index in [1.54, 1.807) is 16.9 Å². The Balaban J connectivity index is 2.86. The molecule has 0 aliphatic carbocycles. The van der Waals surface area contributed by atoms with Crippen LogP contribution in [0.1, 0.15) is 13.8 Å². The number of hydrogen-bond acceptors (Lipinski definition) is 5. The molecule has 0 aliphatic rings. The maximum Gasteiger partial charge on any atom is 0.475 e. The SMILES string of the molecule is [CH2+]C(C)(C)OC(=O)NS(=O)(=O)[n+]1ccc(N(C)C)cc1. The fourth-order valence-corrected chi connectivity index (χ4v) is 2.09. The molecule has 1 rings (SSSR count). The first kappa shape index (κ1) is 16.1. The van der Waals surface area contributed by atoms with Gasteiger partial charge in [0.1, 0.15) is 6.92 Å². The molecule has 110 valence electrons. The third-order valence-corrected chi connectivity index (χ3v) is 3.38. The predicted molar refractivity (Wildman–Crippen MR) is 74.3 cm³/mol. The molecule has 0 unspecified atom stereocenters. The highest BCUT2D eigenvalue weighted by Crippen LogP contribution is 2.07. The number of amides is 1. The predicted octanol–water partition coefficient (Wildman–Crippen LogP) is 0.472. The Labute approximate surface area is 119 Å². The molecule has 8 heteroatoms. The molecule has 1 aromatic rings. The van der Waals surface area contributed by atoms with Crippen molar-refractivity contribution in [2.45, 2.75) is 19.4 Å². The summed E-state index contributed by atoms with van der Waals surface area (Å²) in [7, 11) is -0.362. The minimum Gasteiger partial charge on any atom is -0.402 e. The van der Waals surface area contributed by atoms with Crippen LogP contribution in [-0.2, 0) is 14.9 Å². The van der Waals surface area contributed by atoms with Gasteiger partial charge in [-0.2, -0.15) is 4.72 Å². The summed E-state index contributed by atoms with van der Waals surface area (Å²) in [5.41, 5.74) is -0.183. The standard InChI is InChI=1S/C12H18N3O4S/c1-12(2,3)19-11(16)13-20(17,18)15-8-6-10(7-9-15)14(4)5/h6-9H,1H2,2-5H3/q+1/p+1. The summed E-state index contributed by atoms with van der Waals surface area (Å²) in [5, 5.41) is 0. The van der Waals surface area contributed by atoms with Crippen LogP contribution in [-0.4, -0.2) is 34.2 Å². The largest absolute Gasteiger partial charge is 0.475 e. The lowest BCUT2D eigenvalue weighted by Crippen LogP contribution is -2.53. The summed E-state index contributed by atoms with van der Waals surface area (Å²) < 4.78 is 31.3. The van der Waals surface area contributed by atoms with Gasteiger partial charge in [0.15, 0.2) is 12.4 Å². The second kappa shape index (κ2) is 5.58. The molecule has 0 atom stereocenters. The topological polar surface area (TPSA) is 79.6 Å². The summed E-state index contributed by atoms with van der Waals surface area (Å²) >= 11 is 0. The summed E-state index contributed by atoms with van der Waals surface area (Å²) in [4.78, 5) is 13.3. The Morgan fingerprint density at radius 2 is 1.85 bits per heavy atom. The number of rotatable bonds is 4. The maximum atomic E-state index is 11.9. The molecule has 1 heterocycles. The van der Waals surface area contributed by atoms with Crippen LogP contribution in [0.15, 0.2) is 24.5 Å². The number of carbonyl (C=O) groups excluding carboxylic acids is 1. The molecule has 0 saturated heterocycles. The number of nitrogens with one attached hydrogen (secondary N) is 1. The quantitative estimate of drug-likeness (QED) is 0.646. The van der Waals surface area contributed by atoms with Gasteiger partial charge in [-0.25, -0.2) is 4.79 Å². The summed E-state index contributed by atoms with van der Waals surface area (Å²) in [6, 6.07) is 3.21. The van der Waals surface area contributed by atoms with Crippen molar-refractivity contribution in [2.24, 2.45) is 0 Å². The molecule has 1 aromatic heterocycles. The van der Waals surface area contributed by atoms with Gasteiger partial charge in [0.2, 0.25) is 5.60 Å². The van der Waals surface area contributed by atoms with Gasteiger partial charge >= 0.3 is 16.3 Å². The van der Waals surface area contributed by atoms with Gasteiger partial charge in [-0.3, -0.25) is 0 Å². The Morgan fingerprint density at radius 3 is 2.25 bits per heavy atom. The van der Waals surface area contributed by atoms with Crippen molar-refractivity contribution in [3.05, 3.63) is 31.5 Å². The molecule has 0 bridgehead atoms. The van der Waals surface area contributed by atoms with E-state index in [1.165, 1.54) is 26.2 Å². The van der Waals surface area contributed by atoms with Crippen molar-refractivity contribution < 1.29 is 21.9 Å². The highest BCUT2D eigenvalue weighted by Gasteiger charge is 2.30.